The predicted molar refractivity (Wildman–Crippen MR) is 89.1 cm³/mol. The summed E-state index contributed by atoms with van der Waals surface area (Å²) in [6.45, 7) is -0.659. The molecule has 0 N–H and O–H groups in total. The van der Waals surface area contributed by atoms with Gasteiger partial charge in [0.1, 0.15) is 11.6 Å². The van der Waals surface area contributed by atoms with E-state index >= 15 is 0 Å². The van der Waals surface area contributed by atoms with Crippen LogP contribution in [0.2, 0.25) is 5.02 Å². The lowest BCUT2D eigenvalue weighted by Crippen LogP contribution is -2.15. The van der Waals surface area contributed by atoms with Crippen molar-refractivity contribution < 1.29 is 22.7 Å². The Hall–Kier alpha value is -1.09. The first-order valence-electron chi connectivity index (χ1n) is 6.61. The van der Waals surface area contributed by atoms with Gasteiger partial charge in [0, 0.05) is 17.0 Å². The van der Waals surface area contributed by atoms with Gasteiger partial charge < -0.3 is 4.74 Å². The van der Waals surface area contributed by atoms with Gasteiger partial charge in [0.25, 0.3) is 0 Å². The van der Waals surface area contributed by atoms with Gasteiger partial charge in [0.15, 0.2) is 5.69 Å². The molecule has 0 saturated heterocycles. The van der Waals surface area contributed by atoms with Crippen LogP contribution in [0.15, 0.2) is 34.2 Å². The van der Waals surface area contributed by atoms with E-state index in [0.717, 1.165) is 16.4 Å². The summed E-state index contributed by atoms with van der Waals surface area (Å²) in [4.78, 5) is 10.5. The smallest absolute Gasteiger partial charge is 0.435 e. The average molecular weight is 434 g/mol. The van der Waals surface area contributed by atoms with Gasteiger partial charge in [0.2, 0.25) is 4.84 Å². The summed E-state index contributed by atoms with van der Waals surface area (Å²) in [6, 6.07) is 6.51. The molecule has 1 aromatic carbocycles. The Morgan fingerprint density at radius 3 is 2.44 bits per heavy atom. The predicted octanol–water partition coefficient (Wildman–Crippen LogP) is 5.09. The highest BCUT2D eigenvalue weighted by molar-refractivity contribution is 7.99. The maximum absolute atomic E-state index is 13.2. The van der Waals surface area contributed by atoms with Crippen LogP contribution in [0.25, 0.3) is 0 Å². The van der Waals surface area contributed by atoms with Crippen molar-refractivity contribution in [2.75, 3.05) is 0 Å². The molecule has 25 heavy (non-hydrogen) atoms. The summed E-state index contributed by atoms with van der Waals surface area (Å²) >= 11 is 17.5. The second-order valence-electron chi connectivity index (χ2n) is 4.72. The first-order chi connectivity index (χ1) is 11.6. The van der Waals surface area contributed by atoms with Crippen LogP contribution in [0.5, 0.6) is 0 Å². The maximum atomic E-state index is 13.2. The topological polar surface area (TPSA) is 44.1 Å². The van der Waals surface area contributed by atoms with Gasteiger partial charge >= 0.3 is 12.1 Å². The Labute approximate surface area is 160 Å². The zero-order valence-corrected chi connectivity index (χ0v) is 15.6. The van der Waals surface area contributed by atoms with Crippen LogP contribution in [-0.4, -0.2) is 20.6 Å². The van der Waals surface area contributed by atoms with Crippen molar-refractivity contribution in [3.05, 3.63) is 40.5 Å². The molecule has 2 aromatic rings. The van der Waals surface area contributed by atoms with Crippen molar-refractivity contribution in [2.45, 2.75) is 27.5 Å². The Morgan fingerprint density at radius 2 is 1.92 bits per heavy atom. The molecular weight excluding hydrogens is 424 g/mol. The number of aromatic nitrogens is 2. The summed E-state index contributed by atoms with van der Waals surface area (Å²) < 4.78 is 45.5. The summed E-state index contributed by atoms with van der Waals surface area (Å²) in [6.07, 6.45) is -4.71. The van der Waals surface area contributed by atoms with Crippen LogP contribution < -0.4 is 0 Å². The van der Waals surface area contributed by atoms with Gasteiger partial charge in [-0.05, 0) is 24.3 Å². The van der Waals surface area contributed by atoms with Crippen LogP contribution in [0.1, 0.15) is 11.3 Å². The number of nitrogens with zero attached hydrogens (tertiary/aromatic N) is 2. The molecule has 0 spiro atoms. The molecule has 0 saturated carbocycles. The van der Waals surface area contributed by atoms with E-state index in [1.54, 1.807) is 24.3 Å². The molecule has 0 radical (unpaired) electrons. The lowest BCUT2D eigenvalue weighted by atomic mass is 10.2. The normalized spacial score (nSPS) is 11.8. The van der Waals surface area contributed by atoms with Crippen molar-refractivity contribution >= 4 is 52.5 Å². The van der Waals surface area contributed by atoms with E-state index in [1.807, 2.05) is 0 Å². The summed E-state index contributed by atoms with van der Waals surface area (Å²) in [5.41, 5.74) is -1.42. The minimum absolute atomic E-state index is 0.170. The number of hydrogen-bond donors (Lipinski definition) is 0. The fourth-order valence-corrected chi connectivity index (χ4v) is 3.06. The van der Waals surface area contributed by atoms with E-state index in [0.29, 0.717) is 9.92 Å². The molecule has 0 unspecified atom stereocenters. The SMILES string of the molecule is Cn1nc(C(F)(F)F)c(COC(=O)C(Cl)Cl)c1Sc1ccc(Cl)cc1. The van der Waals surface area contributed by atoms with Crippen molar-refractivity contribution in [1.29, 1.82) is 0 Å². The molecule has 11 heteroatoms. The number of benzene rings is 1. The summed E-state index contributed by atoms with van der Waals surface area (Å²) in [5.74, 6) is -1.04. The summed E-state index contributed by atoms with van der Waals surface area (Å²) in [5, 5.41) is 4.17. The standard InChI is InChI=1S/C14H10Cl3F3N2O2S/c1-22-12(25-8-4-2-7(15)3-5-8)9(6-24-13(23)11(16)17)10(21-22)14(18,19)20/h2-5,11H,6H2,1H3. The summed E-state index contributed by atoms with van der Waals surface area (Å²) in [7, 11) is 1.37. The number of rotatable bonds is 5. The molecule has 2 rings (SSSR count). The highest BCUT2D eigenvalue weighted by Crippen LogP contribution is 2.39. The Morgan fingerprint density at radius 1 is 1.32 bits per heavy atom. The van der Waals surface area contributed by atoms with Crippen molar-refractivity contribution in [1.82, 2.24) is 9.78 Å². The largest absolute Gasteiger partial charge is 0.459 e. The maximum Gasteiger partial charge on any atom is 0.435 e. The first-order valence-corrected chi connectivity index (χ1v) is 8.67. The molecule has 0 bridgehead atoms. The number of carbonyl (C=O) groups excluding carboxylic acids is 1. The number of halogens is 6. The van der Waals surface area contributed by atoms with Gasteiger partial charge in [-0.15, -0.1) is 0 Å². The lowest BCUT2D eigenvalue weighted by molar-refractivity contribution is -0.147. The molecule has 0 aliphatic heterocycles. The molecule has 0 aliphatic carbocycles. The molecule has 0 atom stereocenters. The van der Waals surface area contributed by atoms with Gasteiger partial charge in [-0.1, -0.05) is 46.6 Å². The van der Waals surface area contributed by atoms with Crippen LogP contribution in [0.4, 0.5) is 13.2 Å². The second-order valence-corrected chi connectivity index (χ2v) is 7.31. The Bertz CT molecular complexity index is 764. The Balaban J connectivity index is 2.38. The number of carbonyl (C=O) groups is 1. The minimum atomic E-state index is -4.71. The van der Waals surface area contributed by atoms with E-state index in [-0.39, 0.29) is 10.6 Å². The average Bonchev–Trinajstić information content (AvgIpc) is 2.83. The molecule has 136 valence electrons. The fraction of sp³-hybridized carbons (Fsp3) is 0.286. The monoisotopic (exact) mass is 432 g/mol. The van der Waals surface area contributed by atoms with E-state index < -0.39 is 29.3 Å². The van der Waals surface area contributed by atoms with Crippen molar-refractivity contribution in [3.8, 4) is 0 Å². The zero-order valence-electron chi connectivity index (χ0n) is 12.5. The zero-order chi connectivity index (χ0) is 18.8. The van der Waals surface area contributed by atoms with E-state index in [9.17, 15) is 18.0 Å². The van der Waals surface area contributed by atoms with Gasteiger partial charge in [0.05, 0.1) is 5.56 Å². The van der Waals surface area contributed by atoms with Crippen LogP contribution >= 0.6 is 46.6 Å². The van der Waals surface area contributed by atoms with Crippen molar-refractivity contribution in [3.63, 3.8) is 0 Å². The molecule has 1 aromatic heterocycles. The molecule has 4 nitrogen and oxygen atoms in total. The van der Waals surface area contributed by atoms with Gasteiger partial charge in [-0.25, -0.2) is 4.79 Å². The number of esters is 1. The third-order valence-electron chi connectivity index (χ3n) is 2.92. The third-order valence-corrected chi connectivity index (χ3v) is 4.74. The van der Waals surface area contributed by atoms with E-state index in [4.69, 9.17) is 39.5 Å². The Kier molecular flexibility index (Phi) is 6.53. The minimum Gasteiger partial charge on any atom is -0.459 e. The molecule has 1 heterocycles. The van der Waals surface area contributed by atoms with Crippen LogP contribution in [0, 0.1) is 0 Å². The number of hydrogen-bond acceptors (Lipinski definition) is 4. The van der Waals surface area contributed by atoms with Crippen LogP contribution in [0.3, 0.4) is 0 Å². The molecule has 0 fully saturated rings. The van der Waals surface area contributed by atoms with E-state index in [1.165, 1.54) is 7.05 Å². The highest BCUT2D eigenvalue weighted by atomic mass is 35.5. The number of alkyl halides is 5. The van der Waals surface area contributed by atoms with Crippen LogP contribution in [-0.2, 0) is 29.4 Å². The molecular formula is C14H10Cl3F3N2O2S. The number of ether oxygens (including phenoxy) is 1. The molecule has 0 aliphatic rings. The highest BCUT2D eigenvalue weighted by Gasteiger charge is 2.39. The molecule has 0 amide bonds. The third kappa shape index (κ3) is 5.20. The quantitative estimate of drug-likeness (QED) is 0.487. The van der Waals surface area contributed by atoms with Gasteiger partial charge in [-0.3, -0.25) is 4.68 Å². The number of aryl methyl sites for hydroxylation is 1. The van der Waals surface area contributed by atoms with Gasteiger partial charge in [-0.2, -0.15) is 18.3 Å². The first kappa shape index (κ1) is 20.2. The van der Waals surface area contributed by atoms with Crippen molar-refractivity contribution in [2.24, 2.45) is 7.05 Å². The fourth-order valence-electron chi connectivity index (χ4n) is 1.86. The lowest BCUT2D eigenvalue weighted by Gasteiger charge is -2.10. The van der Waals surface area contributed by atoms with E-state index in [2.05, 4.69) is 5.10 Å². The second kappa shape index (κ2) is 8.07.